The van der Waals surface area contributed by atoms with Gasteiger partial charge in [-0.3, -0.25) is 4.79 Å². The molecule has 0 heterocycles. The Morgan fingerprint density at radius 1 is 1.35 bits per heavy atom. The van der Waals surface area contributed by atoms with Crippen LogP contribution in [0.5, 0.6) is 0 Å². The van der Waals surface area contributed by atoms with E-state index in [1.807, 2.05) is 13.8 Å². The smallest absolute Gasteiger partial charge is 0.243 e. The van der Waals surface area contributed by atoms with Crippen LogP contribution in [0.1, 0.15) is 40.0 Å². The Bertz CT molecular complexity index is 257. The minimum absolute atomic E-state index is 0.0913. The second kappa shape index (κ2) is 10.1. The van der Waals surface area contributed by atoms with Gasteiger partial charge in [-0.05, 0) is 12.3 Å². The third kappa shape index (κ3) is 11.2. The second-order valence-corrected chi connectivity index (χ2v) is 4.59. The maximum absolute atomic E-state index is 11.3. The summed E-state index contributed by atoms with van der Waals surface area (Å²) in [7, 11) is 0. The first-order valence-electron chi connectivity index (χ1n) is 6.37. The van der Waals surface area contributed by atoms with Crippen molar-refractivity contribution in [3.8, 4) is 0 Å². The first-order valence-corrected chi connectivity index (χ1v) is 6.37. The summed E-state index contributed by atoms with van der Waals surface area (Å²) >= 11 is 0. The molecule has 1 unspecified atom stereocenters. The van der Waals surface area contributed by atoms with Crippen molar-refractivity contribution >= 4 is 5.91 Å². The Morgan fingerprint density at radius 2 is 2.06 bits per heavy atom. The van der Waals surface area contributed by atoms with Gasteiger partial charge in [0.25, 0.3) is 0 Å². The van der Waals surface area contributed by atoms with Gasteiger partial charge in [0.15, 0.2) is 0 Å². The lowest BCUT2D eigenvalue weighted by atomic mass is 10.1. The van der Waals surface area contributed by atoms with E-state index in [1.54, 1.807) is 18.2 Å². The van der Waals surface area contributed by atoms with Crippen LogP contribution >= 0.6 is 0 Å². The third-order valence-electron chi connectivity index (χ3n) is 2.23. The molecule has 0 rings (SSSR count). The van der Waals surface area contributed by atoms with Crippen LogP contribution in [0.3, 0.4) is 0 Å². The Labute approximate surface area is 105 Å². The number of hydrogen-bond acceptors (Lipinski definition) is 2. The third-order valence-corrected chi connectivity index (χ3v) is 2.23. The summed E-state index contributed by atoms with van der Waals surface area (Å²) in [5.74, 6) is 0.366. The van der Waals surface area contributed by atoms with E-state index in [0.717, 1.165) is 19.3 Å². The van der Waals surface area contributed by atoms with Gasteiger partial charge < -0.3 is 10.4 Å². The van der Waals surface area contributed by atoms with Crippen LogP contribution in [0.2, 0.25) is 0 Å². The minimum atomic E-state index is -0.404. The highest BCUT2D eigenvalue weighted by atomic mass is 16.3. The summed E-state index contributed by atoms with van der Waals surface area (Å²) in [6, 6.07) is 0. The summed E-state index contributed by atoms with van der Waals surface area (Å²) < 4.78 is 0. The molecule has 0 bridgehead atoms. The number of allylic oxidation sites excluding steroid dienone is 2. The molecule has 0 aromatic carbocycles. The van der Waals surface area contributed by atoms with E-state index in [0.29, 0.717) is 12.5 Å². The summed E-state index contributed by atoms with van der Waals surface area (Å²) in [5.41, 5.74) is 0. The lowest BCUT2D eigenvalue weighted by Crippen LogP contribution is -2.25. The van der Waals surface area contributed by atoms with Crippen LogP contribution in [-0.2, 0) is 4.79 Å². The van der Waals surface area contributed by atoms with E-state index >= 15 is 0 Å². The largest absolute Gasteiger partial charge is 0.389 e. The average molecular weight is 239 g/mol. The molecule has 0 saturated carbocycles. The molecule has 0 aliphatic carbocycles. The fourth-order valence-electron chi connectivity index (χ4n) is 1.21. The Morgan fingerprint density at radius 3 is 2.65 bits per heavy atom. The molecular weight excluding hydrogens is 214 g/mol. The van der Waals surface area contributed by atoms with Gasteiger partial charge in [0.2, 0.25) is 5.91 Å². The van der Waals surface area contributed by atoms with Crippen molar-refractivity contribution in [1.82, 2.24) is 5.32 Å². The molecule has 1 amide bonds. The number of carbonyl (C=O) groups excluding carboxylic acids is 1. The van der Waals surface area contributed by atoms with Crippen molar-refractivity contribution in [2.45, 2.75) is 46.1 Å². The van der Waals surface area contributed by atoms with Crippen molar-refractivity contribution in [3.63, 3.8) is 0 Å². The maximum atomic E-state index is 11.3. The van der Waals surface area contributed by atoms with Crippen molar-refractivity contribution < 1.29 is 9.90 Å². The van der Waals surface area contributed by atoms with E-state index in [9.17, 15) is 9.90 Å². The minimum Gasteiger partial charge on any atom is -0.389 e. The highest BCUT2D eigenvalue weighted by Gasteiger charge is 1.97. The molecule has 0 spiro atoms. The zero-order chi connectivity index (χ0) is 13.1. The molecule has 3 nitrogen and oxygen atoms in total. The number of aliphatic hydroxyl groups excluding tert-OH is 1. The quantitative estimate of drug-likeness (QED) is 0.505. The van der Waals surface area contributed by atoms with Crippen molar-refractivity contribution in [2.24, 2.45) is 5.92 Å². The van der Waals surface area contributed by atoms with Crippen LogP contribution in [-0.4, -0.2) is 23.7 Å². The van der Waals surface area contributed by atoms with E-state index in [-0.39, 0.29) is 5.91 Å². The zero-order valence-electron chi connectivity index (χ0n) is 11.1. The Hall–Kier alpha value is -1.09. The summed E-state index contributed by atoms with van der Waals surface area (Å²) in [5, 5.41) is 12.3. The molecule has 0 aromatic rings. The number of aliphatic hydroxyl groups is 1. The fourth-order valence-corrected chi connectivity index (χ4v) is 1.21. The van der Waals surface area contributed by atoms with Gasteiger partial charge in [-0.15, -0.1) is 0 Å². The molecule has 98 valence electrons. The molecular formula is C14H25NO2. The fraction of sp³-hybridized carbons (Fsp3) is 0.643. The lowest BCUT2D eigenvalue weighted by molar-refractivity contribution is -0.116. The number of amides is 1. The monoisotopic (exact) mass is 239 g/mol. The van der Waals surface area contributed by atoms with Crippen LogP contribution in [0.4, 0.5) is 0 Å². The summed E-state index contributed by atoms with van der Waals surface area (Å²) in [6.07, 6.45) is 9.04. The SMILES string of the molecule is CCCCC(O)/C=C/C=C/C(=O)NCC(C)C. The van der Waals surface area contributed by atoms with Gasteiger partial charge in [0.05, 0.1) is 6.10 Å². The molecule has 0 radical (unpaired) electrons. The predicted octanol–water partition coefficient (Wildman–Crippen LogP) is 2.42. The van der Waals surface area contributed by atoms with E-state index < -0.39 is 6.10 Å². The zero-order valence-corrected chi connectivity index (χ0v) is 11.1. The van der Waals surface area contributed by atoms with Gasteiger partial charge in [0, 0.05) is 12.6 Å². The van der Waals surface area contributed by atoms with Gasteiger partial charge >= 0.3 is 0 Å². The Balaban J connectivity index is 3.77. The second-order valence-electron chi connectivity index (χ2n) is 4.59. The molecule has 2 N–H and O–H groups in total. The van der Waals surface area contributed by atoms with E-state index in [2.05, 4.69) is 12.2 Å². The van der Waals surface area contributed by atoms with Crippen LogP contribution in [0.15, 0.2) is 24.3 Å². The van der Waals surface area contributed by atoms with Crippen molar-refractivity contribution in [1.29, 1.82) is 0 Å². The standard InChI is InChI=1S/C14H25NO2/c1-4-5-8-13(16)9-6-7-10-14(17)15-11-12(2)3/h6-7,9-10,12-13,16H,4-5,8,11H2,1-3H3,(H,15,17)/b9-6+,10-7+. The van der Waals surface area contributed by atoms with Crippen molar-refractivity contribution in [3.05, 3.63) is 24.3 Å². The highest BCUT2D eigenvalue weighted by Crippen LogP contribution is 2.01. The van der Waals surface area contributed by atoms with Gasteiger partial charge in [-0.25, -0.2) is 0 Å². The topological polar surface area (TPSA) is 49.3 Å². The van der Waals surface area contributed by atoms with Gasteiger partial charge in [-0.2, -0.15) is 0 Å². The number of nitrogens with one attached hydrogen (secondary N) is 1. The molecule has 0 aliphatic heterocycles. The molecule has 3 heteroatoms. The highest BCUT2D eigenvalue weighted by molar-refractivity contribution is 5.87. The number of hydrogen-bond donors (Lipinski definition) is 2. The summed E-state index contributed by atoms with van der Waals surface area (Å²) in [4.78, 5) is 11.3. The molecule has 0 saturated heterocycles. The average Bonchev–Trinajstić information content (AvgIpc) is 2.29. The number of unbranched alkanes of at least 4 members (excludes halogenated alkanes) is 1. The molecule has 1 atom stereocenters. The maximum Gasteiger partial charge on any atom is 0.243 e. The predicted molar refractivity (Wildman–Crippen MR) is 71.7 cm³/mol. The first-order chi connectivity index (χ1) is 8.06. The van der Waals surface area contributed by atoms with Crippen LogP contribution in [0.25, 0.3) is 0 Å². The normalized spacial score (nSPS) is 13.7. The van der Waals surface area contributed by atoms with E-state index in [1.165, 1.54) is 6.08 Å². The van der Waals surface area contributed by atoms with Crippen LogP contribution < -0.4 is 5.32 Å². The lowest BCUT2D eigenvalue weighted by Gasteiger charge is -2.04. The summed E-state index contributed by atoms with van der Waals surface area (Å²) in [6.45, 7) is 6.88. The van der Waals surface area contributed by atoms with Crippen molar-refractivity contribution in [2.75, 3.05) is 6.54 Å². The van der Waals surface area contributed by atoms with E-state index in [4.69, 9.17) is 0 Å². The molecule has 0 fully saturated rings. The number of carbonyl (C=O) groups is 1. The Kier molecular flexibility index (Phi) is 9.44. The van der Waals surface area contributed by atoms with Gasteiger partial charge in [0.1, 0.15) is 0 Å². The molecule has 17 heavy (non-hydrogen) atoms. The van der Waals surface area contributed by atoms with Gasteiger partial charge in [-0.1, -0.05) is 51.8 Å². The first kappa shape index (κ1) is 15.9. The van der Waals surface area contributed by atoms with Crippen LogP contribution in [0, 0.1) is 5.92 Å². The number of rotatable bonds is 8. The molecule has 0 aromatic heterocycles. The molecule has 0 aliphatic rings.